The molecule has 1 N–H and O–H groups in total. The van der Waals surface area contributed by atoms with Gasteiger partial charge in [0.05, 0.1) is 0 Å². The van der Waals surface area contributed by atoms with Crippen molar-refractivity contribution in [2.75, 3.05) is 26.2 Å². The number of amides is 1. The number of nitrogens with zero attached hydrogens (tertiary/aromatic N) is 1. The molecule has 4 heteroatoms. The highest BCUT2D eigenvalue weighted by molar-refractivity contribution is 5.68. The summed E-state index contributed by atoms with van der Waals surface area (Å²) in [6, 6.07) is 0. The highest BCUT2D eigenvalue weighted by atomic mass is 16.6. The summed E-state index contributed by atoms with van der Waals surface area (Å²) in [5.74, 6) is 1.24. The van der Waals surface area contributed by atoms with Gasteiger partial charge in [0.1, 0.15) is 5.60 Å². The van der Waals surface area contributed by atoms with Gasteiger partial charge in [-0.15, -0.1) is 0 Å². The predicted octanol–water partition coefficient (Wildman–Crippen LogP) is 2.49. The van der Waals surface area contributed by atoms with Crippen molar-refractivity contribution in [3.05, 3.63) is 0 Å². The molecule has 1 amide bonds. The number of nitrogens with one attached hydrogen (secondary N) is 1. The molecule has 0 aromatic rings. The molecule has 1 aliphatic heterocycles. The summed E-state index contributed by atoms with van der Waals surface area (Å²) in [6.45, 7) is 13.8. The second kappa shape index (κ2) is 6.41. The molecule has 1 atom stereocenters. The molecule has 106 valence electrons. The quantitative estimate of drug-likeness (QED) is 0.840. The lowest BCUT2D eigenvalue weighted by Crippen LogP contribution is -2.36. The molecule has 1 fully saturated rings. The van der Waals surface area contributed by atoms with E-state index in [0.29, 0.717) is 11.8 Å². The van der Waals surface area contributed by atoms with Gasteiger partial charge < -0.3 is 15.0 Å². The second-order valence-corrected chi connectivity index (χ2v) is 6.63. The largest absolute Gasteiger partial charge is 0.444 e. The van der Waals surface area contributed by atoms with Crippen LogP contribution in [0.25, 0.3) is 0 Å². The summed E-state index contributed by atoms with van der Waals surface area (Å²) in [4.78, 5) is 13.7. The molecule has 1 heterocycles. The topological polar surface area (TPSA) is 41.6 Å². The van der Waals surface area contributed by atoms with Crippen LogP contribution in [0.5, 0.6) is 0 Å². The Morgan fingerprint density at radius 2 is 2.11 bits per heavy atom. The van der Waals surface area contributed by atoms with Crippen molar-refractivity contribution in [1.29, 1.82) is 0 Å². The number of hydrogen-bond acceptors (Lipinski definition) is 3. The molecule has 1 unspecified atom stereocenters. The first-order valence-electron chi connectivity index (χ1n) is 6.96. The van der Waals surface area contributed by atoms with Crippen LogP contribution in [0.4, 0.5) is 4.79 Å². The third-order valence-corrected chi connectivity index (χ3v) is 2.92. The van der Waals surface area contributed by atoms with Gasteiger partial charge in [-0.3, -0.25) is 0 Å². The van der Waals surface area contributed by atoms with Gasteiger partial charge in [-0.1, -0.05) is 13.8 Å². The lowest BCUT2D eigenvalue weighted by Gasteiger charge is -2.24. The summed E-state index contributed by atoms with van der Waals surface area (Å²) >= 11 is 0. The minimum absolute atomic E-state index is 0.172. The van der Waals surface area contributed by atoms with Crippen LogP contribution in [0.1, 0.15) is 41.0 Å². The third-order valence-electron chi connectivity index (χ3n) is 2.92. The van der Waals surface area contributed by atoms with E-state index in [1.807, 2.05) is 25.7 Å². The van der Waals surface area contributed by atoms with E-state index in [1.165, 1.54) is 0 Å². The molecular formula is C14H28N2O2. The molecule has 0 aliphatic carbocycles. The number of carbonyl (C=O) groups is 1. The lowest BCUT2D eigenvalue weighted by atomic mass is 10.1. The van der Waals surface area contributed by atoms with Gasteiger partial charge in [-0.2, -0.15) is 0 Å². The van der Waals surface area contributed by atoms with Crippen molar-refractivity contribution in [1.82, 2.24) is 10.2 Å². The molecule has 0 bridgehead atoms. The molecule has 4 nitrogen and oxygen atoms in total. The lowest BCUT2D eigenvalue weighted by molar-refractivity contribution is 0.0288. The zero-order chi connectivity index (χ0) is 13.8. The minimum Gasteiger partial charge on any atom is -0.444 e. The molecule has 0 aromatic carbocycles. The first kappa shape index (κ1) is 15.3. The first-order chi connectivity index (χ1) is 8.28. The summed E-state index contributed by atoms with van der Waals surface area (Å²) < 4.78 is 5.38. The van der Waals surface area contributed by atoms with Crippen molar-refractivity contribution in [2.45, 2.75) is 46.6 Å². The molecule has 1 saturated heterocycles. The van der Waals surface area contributed by atoms with Crippen LogP contribution in [0.15, 0.2) is 0 Å². The van der Waals surface area contributed by atoms with E-state index in [4.69, 9.17) is 4.74 Å². The van der Waals surface area contributed by atoms with Crippen molar-refractivity contribution in [3.8, 4) is 0 Å². The molecule has 0 saturated carbocycles. The normalized spacial score (nSPS) is 20.6. The maximum atomic E-state index is 11.9. The van der Waals surface area contributed by atoms with Gasteiger partial charge in [0.15, 0.2) is 0 Å². The van der Waals surface area contributed by atoms with Crippen molar-refractivity contribution < 1.29 is 9.53 Å². The molecule has 1 aliphatic rings. The zero-order valence-corrected chi connectivity index (χ0v) is 12.5. The van der Waals surface area contributed by atoms with E-state index in [0.717, 1.165) is 32.6 Å². The summed E-state index contributed by atoms with van der Waals surface area (Å²) in [5, 5.41) is 3.46. The average Bonchev–Trinajstić information content (AvgIpc) is 2.63. The molecule has 18 heavy (non-hydrogen) atoms. The Labute approximate surface area is 111 Å². The monoisotopic (exact) mass is 256 g/mol. The number of carbonyl (C=O) groups excluding carboxylic acids is 1. The van der Waals surface area contributed by atoms with Crippen molar-refractivity contribution in [2.24, 2.45) is 11.8 Å². The molecular weight excluding hydrogens is 228 g/mol. The molecule has 0 spiro atoms. The second-order valence-electron chi connectivity index (χ2n) is 6.63. The highest BCUT2D eigenvalue weighted by Crippen LogP contribution is 2.18. The number of hydrogen-bond donors (Lipinski definition) is 1. The van der Waals surface area contributed by atoms with Gasteiger partial charge >= 0.3 is 6.09 Å². The van der Waals surface area contributed by atoms with E-state index >= 15 is 0 Å². The number of rotatable bonds is 4. The smallest absolute Gasteiger partial charge is 0.410 e. The fourth-order valence-electron chi connectivity index (χ4n) is 2.07. The van der Waals surface area contributed by atoms with Crippen molar-refractivity contribution in [3.63, 3.8) is 0 Å². The third kappa shape index (κ3) is 5.71. The summed E-state index contributed by atoms with van der Waals surface area (Å²) in [5.41, 5.74) is -0.398. The van der Waals surface area contributed by atoms with E-state index < -0.39 is 5.60 Å². The first-order valence-corrected chi connectivity index (χ1v) is 6.96. The van der Waals surface area contributed by atoms with Gasteiger partial charge in [-0.05, 0) is 52.1 Å². The highest BCUT2D eigenvalue weighted by Gasteiger charge is 2.29. The Balaban J connectivity index is 2.26. The summed E-state index contributed by atoms with van der Waals surface area (Å²) in [6.07, 6.45) is 0.901. The summed E-state index contributed by atoms with van der Waals surface area (Å²) in [7, 11) is 0. The van der Waals surface area contributed by atoms with Crippen LogP contribution in [-0.4, -0.2) is 42.8 Å². The molecule has 0 aromatic heterocycles. The van der Waals surface area contributed by atoms with E-state index in [1.54, 1.807) is 0 Å². The van der Waals surface area contributed by atoms with E-state index in [2.05, 4.69) is 19.2 Å². The van der Waals surface area contributed by atoms with Crippen LogP contribution in [0, 0.1) is 11.8 Å². The van der Waals surface area contributed by atoms with Gasteiger partial charge in [0.2, 0.25) is 0 Å². The molecule has 0 radical (unpaired) electrons. The predicted molar refractivity (Wildman–Crippen MR) is 73.6 cm³/mol. The Hall–Kier alpha value is -0.770. The minimum atomic E-state index is -0.398. The fraction of sp³-hybridized carbons (Fsp3) is 0.929. The standard InChI is InChI=1S/C14H28N2O2/c1-11(2)8-15-9-12-6-7-16(10-12)13(17)18-14(3,4)5/h11-12,15H,6-10H2,1-5H3. The fourth-order valence-corrected chi connectivity index (χ4v) is 2.07. The number of ether oxygens (including phenoxy) is 1. The van der Waals surface area contributed by atoms with E-state index in [9.17, 15) is 4.79 Å². The number of likely N-dealkylation sites (tertiary alicyclic amines) is 1. The Bertz CT molecular complexity index is 271. The van der Waals surface area contributed by atoms with Crippen LogP contribution >= 0.6 is 0 Å². The average molecular weight is 256 g/mol. The van der Waals surface area contributed by atoms with Crippen LogP contribution in [-0.2, 0) is 4.74 Å². The van der Waals surface area contributed by atoms with Gasteiger partial charge in [-0.25, -0.2) is 4.79 Å². The SMILES string of the molecule is CC(C)CNCC1CCN(C(=O)OC(C)(C)C)C1. The maximum absolute atomic E-state index is 11.9. The van der Waals surface area contributed by atoms with Gasteiger partial charge in [0, 0.05) is 13.1 Å². The van der Waals surface area contributed by atoms with Crippen LogP contribution in [0.3, 0.4) is 0 Å². The Morgan fingerprint density at radius 1 is 1.44 bits per heavy atom. The van der Waals surface area contributed by atoms with Crippen molar-refractivity contribution >= 4 is 6.09 Å². The van der Waals surface area contributed by atoms with Crippen LogP contribution in [0.2, 0.25) is 0 Å². The maximum Gasteiger partial charge on any atom is 0.410 e. The Morgan fingerprint density at radius 3 is 2.67 bits per heavy atom. The zero-order valence-electron chi connectivity index (χ0n) is 12.5. The Kier molecular flexibility index (Phi) is 5.45. The van der Waals surface area contributed by atoms with Crippen LogP contribution < -0.4 is 5.32 Å². The molecule has 1 rings (SSSR count). The van der Waals surface area contributed by atoms with Gasteiger partial charge in [0.25, 0.3) is 0 Å². The van der Waals surface area contributed by atoms with E-state index in [-0.39, 0.29) is 6.09 Å².